The van der Waals surface area contributed by atoms with Crippen LogP contribution in [0.1, 0.15) is 10.5 Å². The number of halogens is 1. The highest BCUT2D eigenvalue weighted by molar-refractivity contribution is 6.32. The predicted molar refractivity (Wildman–Crippen MR) is 75.1 cm³/mol. The number of nitrogens with zero attached hydrogens (tertiary/aromatic N) is 3. The Balaban J connectivity index is 1.83. The molecular formula is C13H10ClN5O. The lowest BCUT2D eigenvalue weighted by Crippen LogP contribution is -2.12. The molecule has 2 aromatic heterocycles. The summed E-state index contributed by atoms with van der Waals surface area (Å²) in [4.78, 5) is 12.0. The number of nitrogens with one attached hydrogen (secondary N) is 2. The van der Waals surface area contributed by atoms with Crippen LogP contribution in [0.2, 0.25) is 5.02 Å². The zero-order chi connectivity index (χ0) is 13.9. The monoisotopic (exact) mass is 287 g/mol. The van der Waals surface area contributed by atoms with Gasteiger partial charge in [0.2, 0.25) is 0 Å². The van der Waals surface area contributed by atoms with Crippen LogP contribution in [-0.2, 0) is 0 Å². The Labute approximate surface area is 119 Å². The van der Waals surface area contributed by atoms with Gasteiger partial charge >= 0.3 is 0 Å². The molecule has 0 fully saturated rings. The van der Waals surface area contributed by atoms with E-state index >= 15 is 0 Å². The van der Waals surface area contributed by atoms with Gasteiger partial charge in [0.15, 0.2) is 5.69 Å². The van der Waals surface area contributed by atoms with E-state index in [1.165, 1.54) is 6.20 Å². The first-order chi connectivity index (χ1) is 9.74. The summed E-state index contributed by atoms with van der Waals surface area (Å²) in [6, 6.07) is 8.91. The molecule has 2 heterocycles. The van der Waals surface area contributed by atoms with Crippen molar-refractivity contribution < 1.29 is 4.79 Å². The van der Waals surface area contributed by atoms with Gasteiger partial charge in [-0.1, -0.05) is 23.7 Å². The van der Waals surface area contributed by atoms with Crippen LogP contribution < -0.4 is 5.32 Å². The molecule has 1 aromatic carbocycles. The van der Waals surface area contributed by atoms with Gasteiger partial charge in [-0.15, -0.1) is 0 Å². The fourth-order valence-corrected chi connectivity index (χ4v) is 1.95. The first kappa shape index (κ1) is 12.4. The van der Waals surface area contributed by atoms with Crippen LogP contribution in [0.5, 0.6) is 0 Å². The largest absolute Gasteiger partial charge is 0.318 e. The number of H-pyrrole nitrogens is 1. The number of para-hydroxylation sites is 1. The molecule has 0 aliphatic rings. The van der Waals surface area contributed by atoms with Crippen molar-refractivity contribution in [2.24, 2.45) is 0 Å². The fourth-order valence-electron chi connectivity index (χ4n) is 1.73. The second kappa shape index (κ2) is 5.18. The van der Waals surface area contributed by atoms with Gasteiger partial charge in [-0.05, 0) is 18.2 Å². The molecule has 1 amide bonds. The Hall–Kier alpha value is -2.60. The number of rotatable bonds is 3. The first-order valence-electron chi connectivity index (χ1n) is 5.85. The maximum atomic E-state index is 12.0. The summed E-state index contributed by atoms with van der Waals surface area (Å²) in [6.45, 7) is 0. The third kappa shape index (κ3) is 2.41. The van der Waals surface area contributed by atoms with Crippen molar-refractivity contribution in [1.29, 1.82) is 0 Å². The van der Waals surface area contributed by atoms with E-state index in [-0.39, 0.29) is 5.91 Å². The third-order valence-corrected chi connectivity index (χ3v) is 3.00. The van der Waals surface area contributed by atoms with Crippen molar-refractivity contribution in [2.75, 3.05) is 5.32 Å². The summed E-state index contributed by atoms with van der Waals surface area (Å²) < 4.78 is 1.56. The van der Waals surface area contributed by atoms with Crippen molar-refractivity contribution in [3.05, 3.63) is 59.6 Å². The van der Waals surface area contributed by atoms with E-state index in [9.17, 15) is 4.79 Å². The summed E-state index contributed by atoms with van der Waals surface area (Å²) in [6.07, 6.45) is 4.79. The summed E-state index contributed by atoms with van der Waals surface area (Å²) in [5.41, 5.74) is 1.60. The van der Waals surface area contributed by atoms with Crippen molar-refractivity contribution >= 4 is 23.2 Å². The minimum absolute atomic E-state index is 0.297. The van der Waals surface area contributed by atoms with Crippen molar-refractivity contribution in [3.63, 3.8) is 0 Å². The van der Waals surface area contributed by atoms with E-state index in [0.29, 0.717) is 16.4 Å². The van der Waals surface area contributed by atoms with Gasteiger partial charge in [-0.3, -0.25) is 9.89 Å². The Morgan fingerprint density at radius 3 is 2.90 bits per heavy atom. The average Bonchev–Trinajstić information content (AvgIpc) is 3.10. The lowest BCUT2D eigenvalue weighted by molar-refractivity contribution is 0.102. The van der Waals surface area contributed by atoms with Crippen molar-refractivity contribution in [1.82, 2.24) is 20.0 Å². The van der Waals surface area contributed by atoms with Crippen LogP contribution in [-0.4, -0.2) is 25.9 Å². The highest BCUT2D eigenvalue weighted by Crippen LogP contribution is 2.19. The molecule has 100 valence electrons. The number of carbonyl (C=O) groups is 1. The number of aromatic amines is 1. The van der Waals surface area contributed by atoms with E-state index in [1.807, 2.05) is 18.2 Å². The van der Waals surface area contributed by atoms with Crippen molar-refractivity contribution in [2.45, 2.75) is 0 Å². The zero-order valence-corrected chi connectivity index (χ0v) is 11.0. The second-order valence-corrected chi connectivity index (χ2v) is 4.45. The number of benzene rings is 1. The van der Waals surface area contributed by atoms with Gasteiger partial charge in [0.1, 0.15) is 0 Å². The van der Waals surface area contributed by atoms with Gasteiger partial charge < -0.3 is 5.32 Å². The van der Waals surface area contributed by atoms with Gasteiger partial charge in [0, 0.05) is 12.4 Å². The Kier molecular flexibility index (Phi) is 3.22. The number of amides is 1. The normalized spacial score (nSPS) is 10.4. The smallest absolute Gasteiger partial charge is 0.276 e. The van der Waals surface area contributed by atoms with Crippen LogP contribution in [0.3, 0.4) is 0 Å². The molecule has 3 aromatic rings. The van der Waals surface area contributed by atoms with Crippen LogP contribution in [0.15, 0.2) is 48.9 Å². The third-order valence-electron chi connectivity index (χ3n) is 2.68. The van der Waals surface area contributed by atoms with E-state index in [1.54, 1.807) is 29.2 Å². The molecule has 0 radical (unpaired) electrons. The van der Waals surface area contributed by atoms with Gasteiger partial charge in [0.25, 0.3) is 5.91 Å². The number of carbonyl (C=O) groups excluding carboxylic acids is 1. The molecule has 2 N–H and O–H groups in total. The van der Waals surface area contributed by atoms with Crippen LogP contribution in [0, 0.1) is 0 Å². The number of aromatic nitrogens is 4. The standard InChI is InChI=1S/C13H10ClN5O/c14-10-3-1-2-4-12(10)19-6-5-11(18-19)13(20)17-9-7-15-16-8-9/h1-8H,(H,15,16)(H,17,20). The summed E-state index contributed by atoms with van der Waals surface area (Å²) in [7, 11) is 0. The van der Waals surface area contributed by atoms with Crippen molar-refractivity contribution in [3.8, 4) is 5.69 Å². The minimum atomic E-state index is -0.308. The molecule has 0 atom stereocenters. The molecule has 0 unspecified atom stereocenters. The Bertz CT molecular complexity index is 735. The second-order valence-electron chi connectivity index (χ2n) is 4.04. The topological polar surface area (TPSA) is 75.6 Å². The maximum Gasteiger partial charge on any atom is 0.276 e. The van der Waals surface area contributed by atoms with Gasteiger partial charge in [-0.2, -0.15) is 10.2 Å². The van der Waals surface area contributed by atoms with E-state index in [2.05, 4.69) is 20.6 Å². The highest BCUT2D eigenvalue weighted by Gasteiger charge is 2.11. The lowest BCUT2D eigenvalue weighted by Gasteiger charge is -2.03. The Morgan fingerprint density at radius 2 is 2.15 bits per heavy atom. The summed E-state index contributed by atoms with van der Waals surface area (Å²) >= 11 is 6.09. The van der Waals surface area contributed by atoms with Gasteiger partial charge in [0.05, 0.1) is 22.6 Å². The minimum Gasteiger partial charge on any atom is -0.318 e. The molecule has 7 heteroatoms. The Morgan fingerprint density at radius 1 is 1.30 bits per heavy atom. The molecule has 0 aliphatic carbocycles. The lowest BCUT2D eigenvalue weighted by atomic mass is 10.3. The van der Waals surface area contributed by atoms with Gasteiger partial charge in [-0.25, -0.2) is 4.68 Å². The van der Waals surface area contributed by atoms with E-state index < -0.39 is 0 Å². The summed E-state index contributed by atoms with van der Waals surface area (Å²) in [5, 5.41) is 13.8. The first-order valence-corrected chi connectivity index (χ1v) is 6.22. The molecule has 0 saturated heterocycles. The summed E-state index contributed by atoms with van der Waals surface area (Å²) in [5.74, 6) is -0.308. The highest BCUT2D eigenvalue weighted by atomic mass is 35.5. The average molecular weight is 288 g/mol. The number of anilines is 1. The van der Waals surface area contributed by atoms with Crippen LogP contribution in [0.4, 0.5) is 5.69 Å². The molecule has 6 nitrogen and oxygen atoms in total. The van der Waals surface area contributed by atoms with Crippen LogP contribution in [0.25, 0.3) is 5.69 Å². The zero-order valence-electron chi connectivity index (χ0n) is 10.2. The SMILES string of the molecule is O=C(Nc1cn[nH]c1)c1ccn(-c2ccccc2Cl)n1. The molecule has 20 heavy (non-hydrogen) atoms. The molecular weight excluding hydrogens is 278 g/mol. The molecule has 0 bridgehead atoms. The quantitative estimate of drug-likeness (QED) is 0.777. The molecule has 0 aliphatic heterocycles. The van der Waals surface area contributed by atoms with Crippen LogP contribution >= 0.6 is 11.6 Å². The number of hydrogen-bond donors (Lipinski definition) is 2. The number of hydrogen-bond acceptors (Lipinski definition) is 3. The molecule has 0 saturated carbocycles. The fraction of sp³-hybridized carbons (Fsp3) is 0. The predicted octanol–water partition coefficient (Wildman–Crippen LogP) is 2.50. The maximum absolute atomic E-state index is 12.0. The van der Waals surface area contributed by atoms with E-state index in [0.717, 1.165) is 5.69 Å². The van der Waals surface area contributed by atoms with E-state index in [4.69, 9.17) is 11.6 Å². The molecule has 3 rings (SSSR count). The molecule has 0 spiro atoms.